The molecular formula is C97H134F9N25O2. The van der Waals surface area contributed by atoms with Crippen LogP contribution in [0, 0.1) is 29.5 Å². The van der Waals surface area contributed by atoms with E-state index in [1.54, 1.807) is 65.6 Å². The number of hydrogen-bond donors (Lipinski definition) is 1. The second kappa shape index (κ2) is 51.8. The van der Waals surface area contributed by atoms with Gasteiger partial charge in [0.2, 0.25) is 11.6 Å². The topological polar surface area (TPSA) is 304 Å². The van der Waals surface area contributed by atoms with Crippen LogP contribution >= 0.6 is 0 Å². The molecule has 8 heterocycles. The van der Waals surface area contributed by atoms with E-state index in [-0.39, 0.29) is 29.1 Å². The van der Waals surface area contributed by atoms with E-state index in [1.807, 2.05) is 174 Å². The van der Waals surface area contributed by atoms with E-state index >= 15 is 0 Å². The summed E-state index contributed by atoms with van der Waals surface area (Å²) in [5, 5.41) is 68.3. The number of aromatic nitrogens is 25. The van der Waals surface area contributed by atoms with Crippen LogP contribution in [0.15, 0.2) is 183 Å². The molecule has 133 heavy (non-hydrogen) atoms. The number of aromatic amines is 1. The summed E-state index contributed by atoms with van der Waals surface area (Å²) < 4.78 is 119. The molecule has 0 amide bonds. The van der Waals surface area contributed by atoms with E-state index in [9.17, 15) is 49.1 Å². The molecule has 0 saturated heterocycles. The lowest BCUT2D eigenvalue weighted by atomic mass is 9.91. The van der Waals surface area contributed by atoms with Gasteiger partial charge >= 0.3 is 18.3 Å². The van der Waals surface area contributed by atoms with Crippen molar-refractivity contribution >= 4 is 11.6 Å². The Bertz CT molecular complexity index is 5090. The van der Waals surface area contributed by atoms with Gasteiger partial charge in [0.15, 0.2) is 11.6 Å². The van der Waals surface area contributed by atoms with Crippen LogP contribution < -0.4 is 0 Å². The Labute approximate surface area is 775 Å². The van der Waals surface area contributed by atoms with Crippen molar-refractivity contribution in [3.63, 3.8) is 0 Å². The van der Waals surface area contributed by atoms with Crippen LogP contribution in [0.4, 0.5) is 39.5 Å². The number of halogens is 9. The van der Waals surface area contributed by atoms with Gasteiger partial charge in [-0.3, -0.25) is 14.7 Å². The number of tetrazole rings is 1. The number of hydrogen-bond acceptors (Lipinski definition) is 19. The van der Waals surface area contributed by atoms with Crippen LogP contribution in [-0.2, 0) is 15.1 Å². The van der Waals surface area contributed by atoms with Gasteiger partial charge in [0.25, 0.3) is 0 Å². The van der Waals surface area contributed by atoms with Gasteiger partial charge in [-0.2, -0.15) is 40.2 Å². The number of H-pyrrole nitrogens is 1. The first-order chi connectivity index (χ1) is 62.4. The third-order valence-electron chi connectivity index (χ3n) is 21.2. The Morgan fingerprint density at radius 2 is 0.737 bits per heavy atom. The molecule has 0 spiro atoms. The highest BCUT2D eigenvalue weighted by Gasteiger charge is 2.62. The molecule has 27 nitrogen and oxygen atoms in total. The number of nitrogens with one attached hydrogen (secondary N) is 1. The van der Waals surface area contributed by atoms with E-state index in [4.69, 9.17) is 0 Å². The van der Waals surface area contributed by atoms with Crippen molar-refractivity contribution in [2.45, 2.75) is 301 Å². The highest BCUT2D eigenvalue weighted by molar-refractivity contribution is 5.86. The first-order valence-corrected chi connectivity index (χ1v) is 45.3. The SMILES string of the molecule is CC(C)C(C)CC(=O)C(F)(F)C(F)(F)F.CC(C)C(C)CC(=O)C(F)(F)F.CC(C)c1cn(-c2ccc(F)cc2)nn1.CC(C)c1cn(-c2ccccc2)nn1.CC(C)c1cn(-c2ccccc2)nn1.CC(C)c1cn(C(C)(C)C)nn1.CC(C)c1cn(C2CC2)nn1.CC(C)c1cn(C2CCC2)nn1.CC(C)c1nc(-c2ccccc2)n[nH]1.CC(C)c1nnn(-c2ccccc2)n1. The molecule has 36 heteroatoms. The fraction of sp³-hybridized carbons (Fsp3) is 0.515. The summed E-state index contributed by atoms with van der Waals surface area (Å²) in [4.78, 5) is 27.2. The van der Waals surface area contributed by atoms with Crippen LogP contribution in [0.1, 0.15) is 323 Å². The number of rotatable bonds is 22. The number of nitrogens with zero attached hydrogens (tertiary/aromatic N) is 24. The molecule has 722 valence electrons. The van der Waals surface area contributed by atoms with E-state index in [0.717, 1.165) is 79.9 Å². The first-order valence-electron chi connectivity index (χ1n) is 45.3. The predicted octanol–water partition coefficient (Wildman–Crippen LogP) is 23.9. The molecule has 0 bridgehead atoms. The number of carbonyl (C=O) groups is 2. The summed E-state index contributed by atoms with van der Waals surface area (Å²) in [5.41, 5.74) is 11.2. The van der Waals surface area contributed by atoms with E-state index < -0.39 is 48.6 Å². The Balaban J connectivity index is 0.000000228. The Kier molecular flexibility index (Phi) is 42.7. The fourth-order valence-corrected chi connectivity index (χ4v) is 10.9. The van der Waals surface area contributed by atoms with Crippen molar-refractivity contribution in [2.75, 3.05) is 0 Å². The summed E-state index contributed by atoms with van der Waals surface area (Å²) in [7, 11) is 0. The van der Waals surface area contributed by atoms with Crippen LogP contribution in [0.25, 0.3) is 34.1 Å². The van der Waals surface area contributed by atoms with Crippen molar-refractivity contribution < 1.29 is 49.1 Å². The van der Waals surface area contributed by atoms with E-state index in [1.165, 1.54) is 51.2 Å². The minimum Gasteiger partial charge on any atom is -0.293 e. The minimum atomic E-state index is -5.79. The monoisotopic (exact) mass is 1850 g/mol. The highest BCUT2D eigenvalue weighted by atomic mass is 19.4. The summed E-state index contributed by atoms with van der Waals surface area (Å²) in [6.07, 6.45) is 6.83. The lowest BCUT2D eigenvalue weighted by molar-refractivity contribution is -0.269. The van der Waals surface area contributed by atoms with Gasteiger partial charge in [-0.25, -0.2) is 37.5 Å². The Morgan fingerprint density at radius 1 is 0.383 bits per heavy atom. The number of Topliss-reactive ketones (excluding diaryl/α,β-unsaturated/α-hetero) is 2. The van der Waals surface area contributed by atoms with Gasteiger partial charge in [-0.05, 0) is 178 Å². The third kappa shape index (κ3) is 36.4. The third-order valence-corrected chi connectivity index (χ3v) is 21.2. The van der Waals surface area contributed by atoms with Crippen LogP contribution in [0.5, 0.6) is 0 Å². The Morgan fingerprint density at radius 3 is 1.04 bits per heavy atom. The minimum absolute atomic E-state index is 0.0418. The van der Waals surface area contributed by atoms with Crippen LogP contribution in [0.2, 0.25) is 0 Å². The van der Waals surface area contributed by atoms with Gasteiger partial charge < -0.3 is 0 Å². The largest absolute Gasteiger partial charge is 0.461 e. The van der Waals surface area contributed by atoms with Gasteiger partial charge in [0.05, 0.1) is 93.1 Å². The maximum absolute atomic E-state index is 12.7. The summed E-state index contributed by atoms with van der Waals surface area (Å²) in [5.74, 6) is -4.03. The van der Waals surface area contributed by atoms with Gasteiger partial charge in [-0.1, -0.05) is 269 Å². The summed E-state index contributed by atoms with van der Waals surface area (Å²) >= 11 is 0. The van der Waals surface area contributed by atoms with Crippen molar-refractivity contribution in [1.82, 2.24) is 125 Å². The molecule has 2 fully saturated rings. The molecular weight excluding hydrogens is 1720 g/mol. The molecule has 0 radical (unpaired) electrons. The average molecular weight is 1850 g/mol. The lowest BCUT2D eigenvalue weighted by Crippen LogP contribution is -2.44. The molecule has 13 aromatic rings. The number of alkyl halides is 8. The number of ketones is 2. The van der Waals surface area contributed by atoms with E-state index in [2.05, 4.69) is 223 Å². The smallest absolute Gasteiger partial charge is 0.293 e. The molecule has 2 aliphatic rings. The quantitative estimate of drug-likeness (QED) is 0.0616. The Hall–Kier alpha value is -12.1. The molecule has 2 atom stereocenters. The molecule has 15 rings (SSSR count). The zero-order valence-corrected chi connectivity index (χ0v) is 81.3. The maximum atomic E-state index is 12.7. The molecule has 8 aromatic heterocycles. The van der Waals surface area contributed by atoms with Crippen molar-refractivity contribution in [3.05, 3.63) is 234 Å². The average Bonchev–Trinajstić information content (AvgIpc) is 1.81. The van der Waals surface area contributed by atoms with Crippen LogP contribution in [-0.4, -0.2) is 155 Å². The van der Waals surface area contributed by atoms with Gasteiger partial charge in [-0.15, -0.1) is 45.6 Å². The molecule has 2 saturated carbocycles. The molecule has 2 unspecified atom stereocenters. The lowest BCUT2D eigenvalue weighted by Gasteiger charge is -2.24. The van der Waals surface area contributed by atoms with Crippen LogP contribution in [0.3, 0.4) is 0 Å². The predicted molar refractivity (Wildman–Crippen MR) is 498 cm³/mol. The maximum Gasteiger partial charge on any atom is 0.461 e. The highest BCUT2D eigenvalue weighted by Crippen LogP contribution is 2.39. The summed E-state index contributed by atoms with van der Waals surface area (Å²) in [6, 6.07) is 47.2. The normalized spacial score (nSPS) is 13.1. The van der Waals surface area contributed by atoms with Crippen molar-refractivity contribution in [1.29, 1.82) is 0 Å². The summed E-state index contributed by atoms with van der Waals surface area (Å²) in [6.45, 7) is 50.0. The second-order valence-electron chi connectivity index (χ2n) is 36.9. The zero-order valence-electron chi connectivity index (χ0n) is 81.3. The fourth-order valence-electron chi connectivity index (χ4n) is 10.9. The molecule has 5 aromatic carbocycles. The van der Waals surface area contributed by atoms with Gasteiger partial charge in [0.1, 0.15) is 11.6 Å². The number of benzene rings is 5. The molecule has 0 aliphatic heterocycles. The van der Waals surface area contributed by atoms with Gasteiger partial charge in [0, 0.05) is 48.8 Å². The second-order valence-corrected chi connectivity index (χ2v) is 36.9. The number of para-hydroxylation sites is 3. The first kappa shape index (κ1) is 110. The van der Waals surface area contributed by atoms with Crippen molar-refractivity contribution in [3.8, 4) is 34.1 Å². The van der Waals surface area contributed by atoms with Crippen molar-refractivity contribution in [2.24, 2.45) is 23.7 Å². The molecule has 1 N–H and O–H groups in total. The molecule has 2 aliphatic carbocycles. The number of carbonyl (C=O) groups excluding carboxylic acids is 2. The van der Waals surface area contributed by atoms with E-state index in [0.29, 0.717) is 59.4 Å². The standard InChI is InChI=1S/C11H12FN3.3C11H13N3.C10H12N4.C9H13F5O.C9H15N3.C9H17N3.C8H13F3O.C8H13N3/c1-8(2)11-7-15(14-13-11)10-5-3-9(12)4-6-10;2*1-9(2)11-8-14(13-12-11)10-6-4-3-5-7-10;1-8(2)10-12-11(14-13-10)9-6-4-3-5-7-9;1-8(2)10-11-13-14(12-10)9-6-4-3-5-7-9;1-5(2)6(3)4-7(15)8(10,11)9(12,13)14;1-7(2)9-6-12(11-10-9)8-4-3-5-8;1-7(2)8-6-12(11-10-8)9(3,4)5;1-5(2)6(3)4-7(12)8(9,10)11;1-6(2)8-5-11(10-9-8)7-3-4-7/h3-8H,1-2H3;2*3-9H,1-2H3;3-8H,1-2H3,(H,12,13,14);3-8H,1-2H3;5-6H,4H2,1-3H3;6-8H,3-5H2,1-2H3;6-7H,1-5H3;5-6H,4H2,1-3H3;5-7H,3-4H2,1-2H3. The zero-order chi connectivity index (χ0) is 98.8.